The van der Waals surface area contributed by atoms with Gasteiger partial charge in [-0.05, 0) is 68.2 Å². The maximum atomic E-state index is 13.0. The zero-order valence-electron chi connectivity index (χ0n) is 16.8. The maximum Gasteiger partial charge on any atom is 0.237 e. The topological polar surface area (TPSA) is 65.8 Å². The maximum absolute atomic E-state index is 13.0. The van der Waals surface area contributed by atoms with Crippen LogP contribution in [0.1, 0.15) is 61.1 Å². The predicted molar refractivity (Wildman–Crippen MR) is 115 cm³/mol. The highest BCUT2D eigenvalue weighted by Gasteiger charge is 2.23. The fourth-order valence-corrected chi connectivity index (χ4v) is 4.64. The summed E-state index contributed by atoms with van der Waals surface area (Å²) in [6.07, 6.45) is 5.79. The number of thioether (sulfide) groups is 1. The number of carbonyl (C=O) groups is 1. The lowest BCUT2D eigenvalue weighted by Crippen LogP contribution is -2.26. The van der Waals surface area contributed by atoms with Crippen LogP contribution in [0, 0.1) is 18.3 Å². The molecule has 1 heterocycles. The van der Waals surface area contributed by atoms with E-state index in [1.165, 1.54) is 17.3 Å². The lowest BCUT2D eigenvalue weighted by atomic mass is 9.95. The minimum atomic E-state index is -0.287. The molecule has 0 fully saturated rings. The van der Waals surface area contributed by atoms with Gasteiger partial charge in [0.15, 0.2) is 0 Å². The number of hydrogen-bond donors (Lipinski definition) is 1. The Hall–Kier alpha value is -2.32. The molecule has 1 unspecified atom stereocenters. The van der Waals surface area contributed by atoms with Crippen molar-refractivity contribution in [2.45, 2.75) is 69.6 Å². The number of rotatable bonds is 6. The van der Waals surface area contributed by atoms with Gasteiger partial charge in [-0.25, -0.2) is 4.98 Å². The quantitative estimate of drug-likeness (QED) is 0.684. The summed E-state index contributed by atoms with van der Waals surface area (Å²) in [6.45, 7) is 6.11. The zero-order valence-corrected chi connectivity index (χ0v) is 17.7. The van der Waals surface area contributed by atoms with Gasteiger partial charge >= 0.3 is 0 Å². The Morgan fingerprint density at radius 1 is 1.32 bits per heavy atom. The van der Waals surface area contributed by atoms with E-state index in [1.54, 1.807) is 0 Å². The number of nitrogens with zero attached hydrogens (tertiary/aromatic N) is 2. The Labute approximate surface area is 171 Å². The van der Waals surface area contributed by atoms with Crippen LogP contribution in [0.4, 0.5) is 5.69 Å². The second-order valence-corrected chi connectivity index (χ2v) is 8.42. The van der Waals surface area contributed by atoms with E-state index in [4.69, 9.17) is 4.98 Å². The van der Waals surface area contributed by atoms with Gasteiger partial charge in [-0.2, -0.15) is 5.26 Å². The molecule has 0 saturated heterocycles. The SMILES string of the molecule is CCc1cccc(C)c1NC(=O)C(CC)Sc1nc2c(cc1C#N)CCCC2. The third kappa shape index (κ3) is 4.39. The molecule has 1 N–H and O–H groups in total. The highest BCUT2D eigenvalue weighted by atomic mass is 32.2. The first-order chi connectivity index (χ1) is 13.6. The van der Waals surface area contributed by atoms with E-state index in [2.05, 4.69) is 24.4 Å². The lowest BCUT2D eigenvalue weighted by molar-refractivity contribution is -0.115. The molecule has 28 heavy (non-hydrogen) atoms. The van der Waals surface area contributed by atoms with E-state index >= 15 is 0 Å². The number of fused-ring (bicyclic) bond motifs is 1. The molecule has 4 nitrogen and oxygen atoms in total. The van der Waals surface area contributed by atoms with Crippen LogP contribution in [0.5, 0.6) is 0 Å². The molecule has 0 aliphatic heterocycles. The predicted octanol–water partition coefficient (Wildman–Crippen LogP) is 5.21. The number of pyridine rings is 1. The molecule has 1 aliphatic carbocycles. The van der Waals surface area contributed by atoms with E-state index in [9.17, 15) is 10.1 Å². The van der Waals surface area contributed by atoms with E-state index in [0.29, 0.717) is 17.0 Å². The van der Waals surface area contributed by atoms with Crippen molar-refractivity contribution in [1.29, 1.82) is 5.26 Å². The summed E-state index contributed by atoms with van der Waals surface area (Å²) in [5.74, 6) is -0.0279. The zero-order chi connectivity index (χ0) is 20.1. The summed E-state index contributed by atoms with van der Waals surface area (Å²) >= 11 is 1.41. The molecule has 0 saturated carbocycles. The van der Waals surface area contributed by atoms with Crippen LogP contribution >= 0.6 is 11.8 Å². The molecule has 0 radical (unpaired) electrons. The molecule has 1 atom stereocenters. The highest BCUT2D eigenvalue weighted by Crippen LogP contribution is 2.32. The summed E-state index contributed by atoms with van der Waals surface area (Å²) in [6, 6.07) is 10.3. The van der Waals surface area contributed by atoms with Crippen LogP contribution in [-0.4, -0.2) is 16.1 Å². The molecule has 1 aliphatic rings. The van der Waals surface area contributed by atoms with Crippen molar-refractivity contribution in [3.8, 4) is 6.07 Å². The van der Waals surface area contributed by atoms with Crippen molar-refractivity contribution < 1.29 is 4.79 Å². The summed E-state index contributed by atoms with van der Waals surface area (Å²) in [4.78, 5) is 17.8. The normalized spacial score (nSPS) is 14.1. The second kappa shape index (κ2) is 9.25. The average molecular weight is 394 g/mol. The Balaban J connectivity index is 1.83. The second-order valence-electron chi connectivity index (χ2n) is 7.23. The third-order valence-corrected chi connectivity index (χ3v) is 6.66. The largest absolute Gasteiger partial charge is 0.325 e. The molecule has 1 aromatic heterocycles. The van der Waals surface area contributed by atoms with Crippen molar-refractivity contribution in [3.05, 3.63) is 52.2 Å². The van der Waals surface area contributed by atoms with Gasteiger partial charge < -0.3 is 5.32 Å². The van der Waals surface area contributed by atoms with Crippen LogP contribution in [0.25, 0.3) is 0 Å². The van der Waals surface area contributed by atoms with E-state index in [0.717, 1.165) is 54.6 Å². The van der Waals surface area contributed by atoms with Crippen LogP contribution in [0.3, 0.4) is 0 Å². The van der Waals surface area contributed by atoms with Gasteiger partial charge in [-0.3, -0.25) is 4.79 Å². The Kier molecular flexibility index (Phi) is 6.74. The number of para-hydroxylation sites is 1. The van der Waals surface area contributed by atoms with Gasteiger partial charge in [0.2, 0.25) is 5.91 Å². The Bertz CT molecular complexity index is 917. The number of benzene rings is 1. The summed E-state index contributed by atoms with van der Waals surface area (Å²) in [5, 5.41) is 13.1. The number of aromatic nitrogens is 1. The first-order valence-electron chi connectivity index (χ1n) is 10.1. The number of aryl methyl sites for hydroxylation is 4. The van der Waals surface area contributed by atoms with Gasteiger partial charge in [-0.1, -0.05) is 43.8 Å². The minimum Gasteiger partial charge on any atom is -0.325 e. The monoisotopic (exact) mass is 393 g/mol. The van der Waals surface area contributed by atoms with Crippen LogP contribution in [0.15, 0.2) is 29.3 Å². The molecule has 3 rings (SSSR count). The van der Waals surface area contributed by atoms with Crippen molar-refractivity contribution in [2.75, 3.05) is 5.32 Å². The summed E-state index contributed by atoms with van der Waals surface area (Å²) in [5.41, 5.74) is 5.98. The molecule has 0 bridgehead atoms. The number of hydrogen-bond acceptors (Lipinski definition) is 4. The number of amides is 1. The first-order valence-corrected chi connectivity index (χ1v) is 10.9. The lowest BCUT2D eigenvalue weighted by Gasteiger charge is -2.20. The van der Waals surface area contributed by atoms with E-state index in [-0.39, 0.29) is 11.2 Å². The summed E-state index contributed by atoms with van der Waals surface area (Å²) < 4.78 is 0. The van der Waals surface area contributed by atoms with Crippen molar-refractivity contribution >= 4 is 23.4 Å². The number of nitriles is 1. The average Bonchev–Trinajstić information content (AvgIpc) is 2.72. The van der Waals surface area contributed by atoms with Crippen LogP contribution in [0.2, 0.25) is 0 Å². The molecule has 1 aromatic carbocycles. The van der Waals surface area contributed by atoms with Gasteiger partial charge in [-0.15, -0.1) is 0 Å². The Morgan fingerprint density at radius 2 is 2.11 bits per heavy atom. The minimum absolute atomic E-state index is 0.0279. The Morgan fingerprint density at radius 3 is 2.82 bits per heavy atom. The van der Waals surface area contributed by atoms with Crippen molar-refractivity contribution in [3.63, 3.8) is 0 Å². The van der Waals surface area contributed by atoms with Gasteiger partial charge in [0.25, 0.3) is 0 Å². The first kappa shape index (κ1) is 20.4. The molecule has 2 aromatic rings. The molecular formula is C23H27N3OS. The fourth-order valence-electron chi connectivity index (χ4n) is 3.65. The summed E-state index contributed by atoms with van der Waals surface area (Å²) in [7, 11) is 0. The molecule has 1 amide bonds. The van der Waals surface area contributed by atoms with E-state index < -0.39 is 0 Å². The standard InChI is InChI=1S/C23H27N3OS/c1-4-16-11-8-9-15(3)21(16)26-22(27)20(5-2)28-23-18(14-24)13-17-10-6-7-12-19(17)25-23/h8-9,11,13,20H,4-7,10,12H2,1-3H3,(H,26,27). The van der Waals surface area contributed by atoms with Gasteiger partial charge in [0.05, 0.1) is 10.8 Å². The van der Waals surface area contributed by atoms with Crippen molar-refractivity contribution in [2.24, 2.45) is 0 Å². The number of nitrogens with one attached hydrogen (secondary N) is 1. The van der Waals surface area contributed by atoms with Crippen LogP contribution < -0.4 is 5.32 Å². The molecule has 0 spiro atoms. The number of anilines is 1. The smallest absolute Gasteiger partial charge is 0.237 e. The number of carbonyl (C=O) groups excluding carboxylic acids is 1. The van der Waals surface area contributed by atoms with E-state index in [1.807, 2.05) is 32.0 Å². The highest BCUT2D eigenvalue weighted by molar-refractivity contribution is 8.00. The third-order valence-electron chi connectivity index (χ3n) is 5.29. The molecular weight excluding hydrogens is 366 g/mol. The van der Waals surface area contributed by atoms with Crippen LogP contribution in [-0.2, 0) is 24.1 Å². The fraction of sp³-hybridized carbons (Fsp3) is 0.435. The molecule has 146 valence electrons. The van der Waals surface area contributed by atoms with Gasteiger partial charge in [0.1, 0.15) is 11.1 Å². The molecule has 5 heteroatoms. The van der Waals surface area contributed by atoms with Gasteiger partial charge in [0, 0.05) is 11.4 Å². The van der Waals surface area contributed by atoms with Crippen molar-refractivity contribution in [1.82, 2.24) is 4.98 Å².